The lowest BCUT2D eigenvalue weighted by Crippen LogP contribution is -2.47. The molecule has 3 rings (SSSR count). The first-order valence-corrected chi connectivity index (χ1v) is 12.0. The third-order valence-corrected chi connectivity index (χ3v) is 7.33. The lowest BCUT2D eigenvalue weighted by Gasteiger charge is -2.44. The number of ether oxygens (including phenoxy) is 2. The summed E-state index contributed by atoms with van der Waals surface area (Å²) in [5.41, 5.74) is 0.247. The monoisotopic (exact) mass is 415 g/mol. The Kier molecular flexibility index (Phi) is 7.84. The molecule has 0 unspecified atom stereocenters. The van der Waals surface area contributed by atoms with E-state index in [-0.39, 0.29) is 5.97 Å². The van der Waals surface area contributed by atoms with E-state index in [1.54, 1.807) is 13.8 Å². The molecule has 4 nitrogen and oxygen atoms in total. The summed E-state index contributed by atoms with van der Waals surface area (Å²) in [7, 11) is 0. The van der Waals surface area contributed by atoms with Gasteiger partial charge in [0.05, 0.1) is 6.61 Å². The van der Waals surface area contributed by atoms with Gasteiger partial charge in [-0.1, -0.05) is 44.9 Å². The van der Waals surface area contributed by atoms with Crippen molar-refractivity contribution in [2.24, 2.45) is 11.8 Å². The minimum Gasteiger partial charge on any atom is -0.476 e. The molecular formula is C26H41NO3. The summed E-state index contributed by atoms with van der Waals surface area (Å²) < 4.78 is 11.4. The van der Waals surface area contributed by atoms with Crippen LogP contribution in [0.2, 0.25) is 0 Å². The number of benzene rings is 1. The molecule has 30 heavy (non-hydrogen) atoms. The largest absolute Gasteiger partial charge is 0.476 e. The van der Waals surface area contributed by atoms with Gasteiger partial charge < -0.3 is 14.4 Å². The predicted octanol–water partition coefficient (Wildman–Crippen LogP) is 5.80. The third kappa shape index (κ3) is 5.38. The highest BCUT2D eigenvalue weighted by molar-refractivity contribution is 5.79. The van der Waals surface area contributed by atoms with Crippen LogP contribution < -0.4 is 4.74 Å². The van der Waals surface area contributed by atoms with E-state index < -0.39 is 5.60 Å². The molecule has 3 atom stereocenters. The van der Waals surface area contributed by atoms with Crippen molar-refractivity contribution in [2.45, 2.75) is 90.7 Å². The van der Waals surface area contributed by atoms with Crippen molar-refractivity contribution in [1.82, 2.24) is 4.90 Å². The fourth-order valence-corrected chi connectivity index (χ4v) is 5.34. The van der Waals surface area contributed by atoms with Crippen molar-refractivity contribution in [2.75, 3.05) is 19.7 Å². The van der Waals surface area contributed by atoms with Crippen LogP contribution in [0.4, 0.5) is 0 Å². The van der Waals surface area contributed by atoms with E-state index in [2.05, 4.69) is 30.9 Å². The fraction of sp³-hybridized carbons (Fsp3) is 0.731. The minimum atomic E-state index is -0.987. The van der Waals surface area contributed by atoms with E-state index in [1.807, 2.05) is 19.1 Å². The van der Waals surface area contributed by atoms with Gasteiger partial charge in [0.15, 0.2) is 5.60 Å². The summed E-state index contributed by atoms with van der Waals surface area (Å²) in [6, 6.07) is 8.99. The summed E-state index contributed by atoms with van der Waals surface area (Å²) in [4.78, 5) is 15.1. The summed E-state index contributed by atoms with van der Waals surface area (Å²) >= 11 is 0. The SMILES string of the molecule is CCOC(=O)C(C)(C)Oc1ccccc1C1CCN([C@H]2C[C@H](CC)CC[C@H]2C)CC1. The quantitative estimate of drug-likeness (QED) is 0.528. The first-order valence-electron chi connectivity index (χ1n) is 12.0. The molecule has 1 saturated carbocycles. The average molecular weight is 416 g/mol. The van der Waals surface area contributed by atoms with Crippen LogP contribution in [0.5, 0.6) is 5.75 Å². The molecule has 1 saturated heterocycles. The predicted molar refractivity (Wildman–Crippen MR) is 122 cm³/mol. The summed E-state index contributed by atoms with van der Waals surface area (Å²) in [5, 5.41) is 0. The van der Waals surface area contributed by atoms with Crippen molar-refractivity contribution in [3.05, 3.63) is 29.8 Å². The number of hydrogen-bond donors (Lipinski definition) is 0. The Morgan fingerprint density at radius 3 is 2.47 bits per heavy atom. The topological polar surface area (TPSA) is 38.8 Å². The Labute approximate surface area is 183 Å². The molecule has 0 spiro atoms. The maximum atomic E-state index is 12.3. The first-order chi connectivity index (χ1) is 14.4. The van der Waals surface area contributed by atoms with E-state index in [1.165, 1.54) is 31.2 Å². The van der Waals surface area contributed by atoms with Gasteiger partial charge in [0.25, 0.3) is 0 Å². The highest BCUT2D eigenvalue weighted by atomic mass is 16.6. The molecule has 4 heteroatoms. The molecule has 1 aromatic carbocycles. The standard InChI is InChI=1S/C26H41NO3/c1-6-20-13-12-19(3)23(18-20)27-16-14-21(15-17-27)22-10-8-9-11-24(22)30-26(4,5)25(28)29-7-2/h8-11,19-21,23H,6-7,12-18H2,1-5H3/t19-,20-,23+/m1/s1. The summed E-state index contributed by atoms with van der Waals surface area (Å²) in [5.74, 6) is 2.71. The minimum absolute atomic E-state index is 0.314. The molecular weight excluding hydrogens is 374 g/mol. The fourth-order valence-electron chi connectivity index (χ4n) is 5.34. The maximum Gasteiger partial charge on any atom is 0.349 e. The van der Waals surface area contributed by atoms with Crippen molar-refractivity contribution in [3.63, 3.8) is 0 Å². The van der Waals surface area contributed by atoms with Crippen LogP contribution in [-0.2, 0) is 9.53 Å². The highest BCUT2D eigenvalue weighted by Crippen LogP contribution is 2.39. The van der Waals surface area contributed by atoms with Crippen LogP contribution in [0.15, 0.2) is 24.3 Å². The number of carbonyl (C=O) groups is 1. The Morgan fingerprint density at radius 1 is 1.10 bits per heavy atom. The van der Waals surface area contributed by atoms with Crippen LogP contribution in [0.25, 0.3) is 0 Å². The van der Waals surface area contributed by atoms with E-state index >= 15 is 0 Å². The number of esters is 1. The Bertz CT molecular complexity index is 693. The van der Waals surface area contributed by atoms with Gasteiger partial charge in [0.2, 0.25) is 0 Å². The Morgan fingerprint density at radius 2 is 1.80 bits per heavy atom. The van der Waals surface area contributed by atoms with Gasteiger partial charge in [0, 0.05) is 6.04 Å². The van der Waals surface area contributed by atoms with E-state index in [9.17, 15) is 4.79 Å². The number of carbonyl (C=O) groups excluding carboxylic acids is 1. The molecule has 168 valence electrons. The zero-order valence-electron chi connectivity index (χ0n) is 19.7. The van der Waals surface area contributed by atoms with Crippen LogP contribution in [0.1, 0.15) is 84.6 Å². The van der Waals surface area contributed by atoms with Crippen LogP contribution >= 0.6 is 0 Å². The number of nitrogens with zero attached hydrogens (tertiary/aromatic N) is 1. The average Bonchev–Trinajstić information content (AvgIpc) is 2.75. The molecule has 2 aliphatic rings. The second kappa shape index (κ2) is 10.2. The molecule has 0 bridgehead atoms. The molecule has 1 aliphatic carbocycles. The Hall–Kier alpha value is -1.55. The zero-order valence-corrected chi connectivity index (χ0v) is 19.7. The van der Waals surface area contributed by atoms with Gasteiger partial charge in [-0.25, -0.2) is 4.79 Å². The summed E-state index contributed by atoms with van der Waals surface area (Å²) in [6.07, 6.45) is 7.78. The van der Waals surface area contributed by atoms with Gasteiger partial charge in [0.1, 0.15) is 5.75 Å². The zero-order chi connectivity index (χ0) is 21.7. The number of likely N-dealkylation sites (tertiary alicyclic amines) is 1. The molecule has 2 fully saturated rings. The number of para-hydroxylation sites is 1. The molecule has 0 N–H and O–H groups in total. The second-order valence-corrected chi connectivity index (χ2v) is 9.81. The molecule has 1 aliphatic heterocycles. The van der Waals surface area contributed by atoms with Crippen molar-refractivity contribution < 1.29 is 14.3 Å². The van der Waals surface area contributed by atoms with Gasteiger partial charge in [-0.2, -0.15) is 0 Å². The van der Waals surface area contributed by atoms with E-state index in [0.29, 0.717) is 12.5 Å². The number of rotatable bonds is 7. The van der Waals surface area contributed by atoms with Crippen LogP contribution in [0, 0.1) is 11.8 Å². The van der Waals surface area contributed by atoms with E-state index in [4.69, 9.17) is 9.47 Å². The smallest absolute Gasteiger partial charge is 0.349 e. The molecule has 0 radical (unpaired) electrons. The normalized spacial score (nSPS) is 26.4. The maximum absolute atomic E-state index is 12.3. The number of piperidine rings is 1. The Balaban J connectivity index is 1.65. The van der Waals surface area contributed by atoms with Crippen LogP contribution in [-0.4, -0.2) is 42.2 Å². The highest BCUT2D eigenvalue weighted by Gasteiger charge is 2.36. The lowest BCUT2D eigenvalue weighted by molar-refractivity contribution is -0.158. The van der Waals surface area contributed by atoms with Crippen molar-refractivity contribution in [1.29, 1.82) is 0 Å². The number of hydrogen-bond acceptors (Lipinski definition) is 4. The first kappa shape index (κ1) is 23.1. The lowest BCUT2D eigenvalue weighted by atomic mass is 9.76. The molecule has 0 aromatic heterocycles. The molecule has 1 aromatic rings. The molecule has 1 heterocycles. The van der Waals surface area contributed by atoms with Gasteiger partial charge in [-0.3, -0.25) is 0 Å². The van der Waals surface area contributed by atoms with E-state index in [0.717, 1.165) is 49.6 Å². The summed E-state index contributed by atoms with van der Waals surface area (Å²) in [6.45, 7) is 12.9. The van der Waals surface area contributed by atoms with Crippen molar-refractivity contribution >= 4 is 5.97 Å². The van der Waals surface area contributed by atoms with Crippen molar-refractivity contribution in [3.8, 4) is 5.75 Å². The van der Waals surface area contributed by atoms with Gasteiger partial charge >= 0.3 is 5.97 Å². The van der Waals surface area contributed by atoms with Gasteiger partial charge in [-0.05, 0) is 88.9 Å². The second-order valence-electron chi connectivity index (χ2n) is 9.81. The van der Waals surface area contributed by atoms with Crippen LogP contribution in [0.3, 0.4) is 0 Å². The third-order valence-electron chi connectivity index (χ3n) is 7.33. The van der Waals surface area contributed by atoms with Gasteiger partial charge in [-0.15, -0.1) is 0 Å². The molecule has 0 amide bonds.